The lowest BCUT2D eigenvalue weighted by molar-refractivity contribution is -0.147. The summed E-state index contributed by atoms with van der Waals surface area (Å²) in [7, 11) is 0. The lowest BCUT2D eigenvalue weighted by atomic mass is 9.98. The SMILES string of the molecule is CC(=O)O[C@H]1CCN2C[C@@H](N)CCC12. The van der Waals surface area contributed by atoms with E-state index in [9.17, 15) is 4.79 Å². The molecule has 0 spiro atoms. The van der Waals surface area contributed by atoms with Crippen LogP contribution in [0.1, 0.15) is 26.2 Å². The first-order valence-electron chi connectivity index (χ1n) is 5.33. The van der Waals surface area contributed by atoms with E-state index < -0.39 is 0 Å². The first-order chi connectivity index (χ1) is 6.66. The number of carbonyl (C=O) groups excluding carboxylic acids is 1. The summed E-state index contributed by atoms with van der Waals surface area (Å²) >= 11 is 0. The van der Waals surface area contributed by atoms with Crippen LogP contribution in [0.2, 0.25) is 0 Å². The zero-order chi connectivity index (χ0) is 10.1. The van der Waals surface area contributed by atoms with Crippen LogP contribution in [0.3, 0.4) is 0 Å². The van der Waals surface area contributed by atoms with Crippen molar-refractivity contribution in [3.8, 4) is 0 Å². The monoisotopic (exact) mass is 198 g/mol. The van der Waals surface area contributed by atoms with Crippen LogP contribution < -0.4 is 5.73 Å². The molecule has 0 amide bonds. The van der Waals surface area contributed by atoms with Crippen molar-refractivity contribution < 1.29 is 9.53 Å². The first kappa shape index (κ1) is 9.93. The molecule has 1 unspecified atom stereocenters. The molecule has 2 rings (SSSR count). The summed E-state index contributed by atoms with van der Waals surface area (Å²) in [5.74, 6) is -0.160. The van der Waals surface area contributed by atoms with Crippen LogP contribution in [-0.2, 0) is 9.53 Å². The van der Waals surface area contributed by atoms with Crippen LogP contribution in [0.5, 0.6) is 0 Å². The maximum Gasteiger partial charge on any atom is 0.302 e. The van der Waals surface area contributed by atoms with Crippen molar-refractivity contribution in [1.82, 2.24) is 4.90 Å². The number of carbonyl (C=O) groups is 1. The van der Waals surface area contributed by atoms with Gasteiger partial charge in [0, 0.05) is 32.1 Å². The fraction of sp³-hybridized carbons (Fsp3) is 0.900. The fourth-order valence-electron chi connectivity index (χ4n) is 2.61. The molecule has 4 heteroatoms. The van der Waals surface area contributed by atoms with E-state index in [2.05, 4.69) is 4.90 Å². The Kier molecular flexibility index (Phi) is 2.74. The Bertz CT molecular complexity index is 232. The average molecular weight is 198 g/mol. The van der Waals surface area contributed by atoms with E-state index in [0.717, 1.165) is 32.4 Å². The van der Waals surface area contributed by atoms with E-state index in [4.69, 9.17) is 10.5 Å². The number of nitrogens with two attached hydrogens (primary N) is 1. The Hall–Kier alpha value is -0.610. The third-order valence-corrected chi connectivity index (χ3v) is 3.22. The third-order valence-electron chi connectivity index (χ3n) is 3.22. The van der Waals surface area contributed by atoms with Gasteiger partial charge in [0.15, 0.2) is 0 Å². The van der Waals surface area contributed by atoms with Crippen molar-refractivity contribution in [3.05, 3.63) is 0 Å². The second-order valence-corrected chi connectivity index (χ2v) is 4.34. The molecule has 0 aromatic carbocycles. The van der Waals surface area contributed by atoms with E-state index >= 15 is 0 Å². The molecular formula is C10H18N2O2. The number of hydrogen-bond donors (Lipinski definition) is 1. The van der Waals surface area contributed by atoms with E-state index in [-0.39, 0.29) is 12.1 Å². The second kappa shape index (κ2) is 3.87. The lowest BCUT2D eigenvalue weighted by Crippen LogP contribution is -2.48. The van der Waals surface area contributed by atoms with Crippen LogP contribution in [0.15, 0.2) is 0 Å². The molecule has 2 fully saturated rings. The van der Waals surface area contributed by atoms with Gasteiger partial charge in [0.25, 0.3) is 0 Å². The molecule has 80 valence electrons. The maximum atomic E-state index is 10.9. The summed E-state index contributed by atoms with van der Waals surface area (Å²) in [5.41, 5.74) is 5.89. The summed E-state index contributed by atoms with van der Waals surface area (Å²) in [5, 5.41) is 0. The Morgan fingerprint density at radius 1 is 1.43 bits per heavy atom. The molecule has 0 radical (unpaired) electrons. The standard InChI is InChI=1S/C10H18N2O2/c1-7(13)14-10-4-5-12-6-8(11)2-3-9(10)12/h8-10H,2-6,11H2,1H3/t8-,9?,10-/m0/s1. The molecule has 2 N–H and O–H groups in total. The highest BCUT2D eigenvalue weighted by Gasteiger charge is 2.39. The Morgan fingerprint density at radius 3 is 2.93 bits per heavy atom. The van der Waals surface area contributed by atoms with Crippen molar-refractivity contribution in [2.75, 3.05) is 13.1 Å². The van der Waals surface area contributed by atoms with Gasteiger partial charge < -0.3 is 10.5 Å². The predicted octanol–water partition coefficient (Wildman–Crippen LogP) is 0.114. The smallest absolute Gasteiger partial charge is 0.302 e. The van der Waals surface area contributed by atoms with E-state index in [1.54, 1.807) is 0 Å². The quantitative estimate of drug-likeness (QED) is 0.608. The molecule has 0 aromatic rings. The van der Waals surface area contributed by atoms with Gasteiger partial charge >= 0.3 is 5.97 Å². The van der Waals surface area contributed by atoms with Gasteiger partial charge in [0.2, 0.25) is 0 Å². The summed E-state index contributed by atoms with van der Waals surface area (Å²) in [6, 6.07) is 0.737. The molecule has 0 bridgehead atoms. The molecule has 0 aliphatic carbocycles. The molecule has 14 heavy (non-hydrogen) atoms. The summed E-state index contributed by atoms with van der Waals surface area (Å²) in [6.07, 6.45) is 3.20. The highest BCUT2D eigenvalue weighted by atomic mass is 16.5. The number of rotatable bonds is 1. The molecule has 2 aliphatic heterocycles. The number of hydrogen-bond acceptors (Lipinski definition) is 4. The Morgan fingerprint density at radius 2 is 2.21 bits per heavy atom. The Balaban J connectivity index is 1.95. The van der Waals surface area contributed by atoms with Gasteiger partial charge in [-0.2, -0.15) is 0 Å². The van der Waals surface area contributed by atoms with Crippen LogP contribution in [0, 0.1) is 0 Å². The van der Waals surface area contributed by atoms with Gasteiger partial charge in [-0.05, 0) is 19.3 Å². The number of nitrogens with zero attached hydrogens (tertiary/aromatic N) is 1. The average Bonchev–Trinajstić information content (AvgIpc) is 2.47. The highest BCUT2D eigenvalue weighted by Crippen LogP contribution is 2.28. The van der Waals surface area contributed by atoms with Gasteiger partial charge in [-0.3, -0.25) is 9.69 Å². The molecule has 2 heterocycles. The molecule has 3 atom stereocenters. The van der Waals surface area contributed by atoms with Crippen molar-refractivity contribution >= 4 is 5.97 Å². The van der Waals surface area contributed by atoms with Crippen LogP contribution in [0.4, 0.5) is 0 Å². The topological polar surface area (TPSA) is 55.6 Å². The number of piperidine rings is 1. The molecule has 0 aromatic heterocycles. The van der Waals surface area contributed by atoms with Crippen molar-refractivity contribution in [3.63, 3.8) is 0 Å². The Labute approximate surface area is 84.4 Å². The number of fused-ring (bicyclic) bond motifs is 1. The first-order valence-corrected chi connectivity index (χ1v) is 5.33. The number of ether oxygens (including phenoxy) is 1. The van der Waals surface area contributed by atoms with E-state index in [1.807, 2.05) is 0 Å². The van der Waals surface area contributed by atoms with Crippen LogP contribution >= 0.6 is 0 Å². The summed E-state index contributed by atoms with van der Waals surface area (Å²) < 4.78 is 5.29. The fourth-order valence-corrected chi connectivity index (χ4v) is 2.61. The third kappa shape index (κ3) is 1.91. The highest BCUT2D eigenvalue weighted by molar-refractivity contribution is 5.66. The van der Waals surface area contributed by atoms with Gasteiger partial charge in [-0.25, -0.2) is 0 Å². The zero-order valence-electron chi connectivity index (χ0n) is 8.61. The van der Waals surface area contributed by atoms with E-state index in [0.29, 0.717) is 12.1 Å². The second-order valence-electron chi connectivity index (χ2n) is 4.34. The molecular weight excluding hydrogens is 180 g/mol. The van der Waals surface area contributed by atoms with Gasteiger partial charge in [0.05, 0.1) is 0 Å². The summed E-state index contributed by atoms with van der Waals surface area (Å²) in [6.45, 7) is 3.47. The van der Waals surface area contributed by atoms with E-state index in [1.165, 1.54) is 6.92 Å². The molecule has 2 aliphatic rings. The van der Waals surface area contributed by atoms with Gasteiger partial charge in [-0.1, -0.05) is 0 Å². The van der Waals surface area contributed by atoms with Crippen LogP contribution in [-0.4, -0.2) is 42.1 Å². The number of esters is 1. The lowest BCUT2D eigenvalue weighted by Gasteiger charge is -2.34. The van der Waals surface area contributed by atoms with Gasteiger partial charge in [0.1, 0.15) is 6.10 Å². The van der Waals surface area contributed by atoms with Crippen LogP contribution in [0.25, 0.3) is 0 Å². The zero-order valence-corrected chi connectivity index (χ0v) is 8.61. The predicted molar refractivity (Wildman–Crippen MR) is 52.7 cm³/mol. The minimum absolute atomic E-state index is 0.111. The minimum atomic E-state index is -0.160. The largest absolute Gasteiger partial charge is 0.461 e. The normalized spacial score (nSPS) is 38.0. The van der Waals surface area contributed by atoms with Crippen molar-refractivity contribution in [1.29, 1.82) is 0 Å². The molecule has 4 nitrogen and oxygen atoms in total. The minimum Gasteiger partial charge on any atom is -0.461 e. The van der Waals surface area contributed by atoms with Gasteiger partial charge in [-0.15, -0.1) is 0 Å². The van der Waals surface area contributed by atoms with Crippen molar-refractivity contribution in [2.45, 2.75) is 44.4 Å². The summed E-state index contributed by atoms with van der Waals surface area (Å²) in [4.78, 5) is 13.2. The maximum absolute atomic E-state index is 10.9. The molecule has 0 saturated carbocycles. The van der Waals surface area contributed by atoms with Crippen molar-refractivity contribution in [2.24, 2.45) is 5.73 Å². The molecule has 2 saturated heterocycles.